The summed E-state index contributed by atoms with van der Waals surface area (Å²) in [5.74, 6) is -0.244. The van der Waals surface area contributed by atoms with Gasteiger partial charge in [0.25, 0.3) is 5.91 Å². The van der Waals surface area contributed by atoms with Crippen molar-refractivity contribution in [3.63, 3.8) is 0 Å². The summed E-state index contributed by atoms with van der Waals surface area (Å²) in [6.45, 7) is 2.02. The molecule has 4 aromatic rings. The zero-order chi connectivity index (χ0) is 26.9. The number of carbonyl (C=O) groups excluding carboxylic acids is 1. The highest BCUT2D eigenvalue weighted by molar-refractivity contribution is 7.12. The fourth-order valence-electron chi connectivity index (χ4n) is 3.86. The minimum Gasteiger partial charge on any atom is -0.380 e. The SMILES string of the molecule is CN(C)CCNC(NC#N)Nc1cc(Cl)cc(NC(=O)c2sccc2NCc2ccnc3ccccc23)c1. The van der Waals surface area contributed by atoms with Crippen molar-refractivity contribution in [1.82, 2.24) is 20.5 Å². The monoisotopic (exact) mass is 548 g/mol. The fourth-order valence-corrected chi connectivity index (χ4v) is 4.86. The molecule has 38 heavy (non-hydrogen) atoms. The Morgan fingerprint density at radius 3 is 2.79 bits per heavy atom. The van der Waals surface area contributed by atoms with E-state index in [1.807, 2.05) is 67.0 Å². The van der Waals surface area contributed by atoms with Crippen LogP contribution in [0.5, 0.6) is 0 Å². The number of thiophene rings is 1. The average molecular weight is 549 g/mol. The maximum Gasteiger partial charge on any atom is 0.267 e. The summed E-state index contributed by atoms with van der Waals surface area (Å²) >= 11 is 7.70. The topological polar surface area (TPSA) is 117 Å². The molecule has 0 bridgehead atoms. The third-order valence-corrected chi connectivity index (χ3v) is 6.79. The second-order valence-corrected chi connectivity index (χ2v) is 10.1. The number of nitrogens with one attached hydrogen (secondary N) is 5. The highest BCUT2D eigenvalue weighted by Crippen LogP contribution is 2.28. The van der Waals surface area contributed by atoms with Gasteiger partial charge < -0.3 is 20.9 Å². The van der Waals surface area contributed by atoms with Crippen LogP contribution in [0.4, 0.5) is 17.1 Å². The number of benzene rings is 2. The summed E-state index contributed by atoms with van der Waals surface area (Å²) in [4.78, 5) is 20.2. The molecule has 196 valence electrons. The quantitative estimate of drug-likeness (QED) is 0.0979. The van der Waals surface area contributed by atoms with Gasteiger partial charge in [0.1, 0.15) is 4.88 Å². The van der Waals surface area contributed by atoms with Crippen LogP contribution in [0.15, 0.2) is 66.2 Å². The normalized spacial score (nSPS) is 11.7. The Hall–Kier alpha value is -3.88. The Balaban J connectivity index is 1.43. The molecule has 2 heterocycles. The Bertz CT molecular complexity index is 1430. The first-order chi connectivity index (χ1) is 18.4. The standard InChI is InChI=1S/C27H29ClN8OS/c1-36(2)11-10-31-27(33-17-29)35-21-14-19(28)13-20(15-21)34-26(37)25-24(8-12-38-25)32-16-18-7-9-30-23-6-4-3-5-22(18)23/h3-9,12-15,27,31-33,35H,10-11,16H2,1-2H3,(H,34,37). The van der Waals surface area contributed by atoms with Crippen molar-refractivity contribution in [2.75, 3.05) is 43.1 Å². The highest BCUT2D eigenvalue weighted by Gasteiger charge is 2.15. The van der Waals surface area contributed by atoms with Crippen LogP contribution in [0.3, 0.4) is 0 Å². The van der Waals surface area contributed by atoms with Gasteiger partial charge in [0.15, 0.2) is 12.5 Å². The molecule has 2 aromatic heterocycles. The van der Waals surface area contributed by atoms with Crippen LogP contribution >= 0.6 is 22.9 Å². The summed E-state index contributed by atoms with van der Waals surface area (Å²) < 4.78 is 0. The molecular weight excluding hydrogens is 520 g/mol. The van der Waals surface area contributed by atoms with Gasteiger partial charge >= 0.3 is 0 Å². The summed E-state index contributed by atoms with van der Waals surface area (Å²) in [5, 5.41) is 27.9. The molecule has 0 radical (unpaired) electrons. The third-order valence-electron chi connectivity index (χ3n) is 5.66. The maximum absolute atomic E-state index is 13.2. The van der Waals surface area contributed by atoms with E-state index < -0.39 is 6.29 Å². The Kier molecular flexibility index (Phi) is 9.35. The molecule has 11 heteroatoms. The summed E-state index contributed by atoms with van der Waals surface area (Å²) in [6, 6.07) is 17.0. The molecule has 0 aliphatic carbocycles. The minimum atomic E-state index is -0.501. The zero-order valence-electron chi connectivity index (χ0n) is 21.1. The second-order valence-electron chi connectivity index (χ2n) is 8.78. The van der Waals surface area contributed by atoms with Gasteiger partial charge in [-0.05, 0) is 61.4 Å². The molecule has 1 atom stereocenters. The van der Waals surface area contributed by atoms with Crippen molar-refractivity contribution in [3.8, 4) is 6.19 Å². The second kappa shape index (κ2) is 13.1. The minimum absolute atomic E-state index is 0.244. The van der Waals surface area contributed by atoms with Gasteiger partial charge in [0.2, 0.25) is 0 Å². The summed E-state index contributed by atoms with van der Waals surface area (Å²) in [6.07, 6.45) is 3.24. The molecule has 1 unspecified atom stereocenters. The number of fused-ring (bicyclic) bond motifs is 1. The van der Waals surface area contributed by atoms with Gasteiger partial charge in [-0.2, -0.15) is 5.26 Å². The molecule has 0 aliphatic rings. The van der Waals surface area contributed by atoms with Crippen molar-refractivity contribution in [2.24, 2.45) is 0 Å². The molecular formula is C27H29ClN8OS. The van der Waals surface area contributed by atoms with Gasteiger partial charge in [0, 0.05) is 47.6 Å². The van der Waals surface area contributed by atoms with Gasteiger partial charge in [0.05, 0.1) is 11.2 Å². The number of halogens is 1. The van der Waals surface area contributed by atoms with Crippen molar-refractivity contribution in [3.05, 3.63) is 81.6 Å². The molecule has 0 spiro atoms. The smallest absolute Gasteiger partial charge is 0.267 e. The number of nitriles is 1. The van der Waals surface area contributed by atoms with Gasteiger partial charge in [-0.3, -0.25) is 20.4 Å². The number of nitrogens with zero attached hydrogens (tertiary/aromatic N) is 3. The van der Waals surface area contributed by atoms with Crippen molar-refractivity contribution in [2.45, 2.75) is 12.8 Å². The predicted molar refractivity (Wildman–Crippen MR) is 156 cm³/mol. The van der Waals surface area contributed by atoms with E-state index in [2.05, 4.69) is 31.6 Å². The van der Waals surface area contributed by atoms with Crippen LogP contribution in [-0.2, 0) is 6.54 Å². The van der Waals surface area contributed by atoms with Crippen molar-refractivity contribution in [1.29, 1.82) is 5.26 Å². The Labute approximate surface area is 230 Å². The number of hydrogen-bond acceptors (Lipinski definition) is 9. The van der Waals surface area contributed by atoms with Crippen LogP contribution in [0.2, 0.25) is 5.02 Å². The first-order valence-corrected chi connectivity index (χ1v) is 13.2. The maximum atomic E-state index is 13.2. The van der Waals surface area contributed by atoms with E-state index in [-0.39, 0.29) is 5.91 Å². The average Bonchev–Trinajstić information content (AvgIpc) is 3.36. The lowest BCUT2D eigenvalue weighted by Gasteiger charge is -2.21. The number of anilines is 3. The van der Waals surface area contributed by atoms with Gasteiger partial charge in [-0.25, -0.2) is 0 Å². The number of likely N-dealkylation sites (N-methyl/N-ethyl adjacent to an activating group) is 1. The summed E-state index contributed by atoms with van der Waals surface area (Å²) in [5.41, 5.74) is 3.96. The van der Waals surface area contributed by atoms with E-state index in [9.17, 15) is 4.79 Å². The third kappa shape index (κ3) is 7.34. The molecule has 1 amide bonds. The van der Waals surface area contributed by atoms with Crippen LogP contribution in [0, 0.1) is 11.5 Å². The van der Waals surface area contributed by atoms with Crippen molar-refractivity contribution >= 4 is 56.8 Å². The van der Waals surface area contributed by atoms with E-state index in [1.54, 1.807) is 24.4 Å². The largest absolute Gasteiger partial charge is 0.380 e. The van der Waals surface area contributed by atoms with E-state index in [0.29, 0.717) is 34.4 Å². The molecule has 0 saturated carbocycles. The number of hydrogen-bond donors (Lipinski definition) is 5. The van der Waals surface area contributed by atoms with Crippen molar-refractivity contribution < 1.29 is 4.79 Å². The number of pyridine rings is 1. The van der Waals surface area contributed by atoms with Crippen LogP contribution in [-0.4, -0.2) is 49.3 Å². The first-order valence-electron chi connectivity index (χ1n) is 12.0. The fraction of sp³-hybridized carbons (Fsp3) is 0.222. The van der Waals surface area contributed by atoms with Gasteiger partial charge in [-0.15, -0.1) is 11.3 Å². The Morgan fingerprint density at radius 2 is 1.97 bits per heavy atom. The van der Waals surface area contributed by atoms with Gasteiger partial charge in [-0.1, -0.05) is 29.8 Å². The van der Waals surface area contributed by atoms with E-state index in [1.165, 1.54) is 11.3 Å². The molecule has 5 N–H and O–H groups in total. The first kappa shape index (κ1) is 27.2. The number of rotatable bonds is 12. The lowest BCUT2D eigenvalue weighted by molar-refractivity contribution is 0.103. The predicted octanol–water partition coefficient (Wildman–Crippen LogP) is 4.73. The van der Waals surface area contributed by atoms with Crippen LogP contribution in [0.1, 0.15) is 15.2 Å². The molecule has 2 aromatic carbocycles. The van der Waals surface area contributed by atoms with E-state index in [4.69, 9.17) is 16.9 Å². The summed E-state index contributed by atoms with van der Waals surface area (Å²) in [7, 11) is 3.95. The highest BCUT2D eigenvalue weighted by atomic mass is 35.5. The number of carbonyl (C=O) groups is 1. The van der Waals surface area contributed by atoms with Crippen LogP contribution < -0.4 is 26.6 Å². The Morgan fingerprint density at radius 1 is 1.16 bits per heavy atom. The van der Waals surface area contributed by atoms with Crippen LogP contribution in [0.25, 0.3) is 10.9 Å². The zero-order valence-corrected chi connectivity index (χ0v) is 22.7. The number of amides is 1. The number of aromatic nitrogens is 1. The van der Waals surface area contributed by atoms with E-state index in [0.717, 1.165) is 28.7 Å². The molecule has 0 fully saturated rings. The molecule has 9 nitrogen and oxygen atoms in total. The lowest BCUT2D eigenvalue weighted by atomic mass is 10.1. The molecule has 0 saturated heterocycles. The number of para-hydroxylation sites is 1. The molecule has 4 rings (SSSR count). The lowest BCUT2D eigenvalue weighted by Crippen LogP contribution is -2.48. The molecule has 0 aliphatic heterocycles. The van der Waals surface area contributed by atoms with E-state index >= 15 is 0 Å².